The first-order valence-electron chi connectivity index (χ1n) is 12.8. The van der Waals surface area contributed by atoms with Gasteiger partial charge in [0.1, 0.15) is 12.3 Å². The second-order valence-corrected chi connectivity index (χ2v) is 12.5. The van der Waals surface area contributed by atoms with Gasteiger partial charge in [-0.25, -0.2) is 9.80 Å². The molecule has 3 amide bonds. The van der Waals surface area contributed by atoms with Crippen LogP contribution in [0.1, 0.15) is 43.9 Å². The van der Waals surface area contributed by atoms with Gasteiger partial charge >= 0.3 is 5.97 Å². The summed E-state index contributed by atoms with van der Waals surface area (Å²) in [4.78, 5) is 66.5. The molecule has 0 spiro atoms. The van der Waals surface area contributed by atoms with Crippen LogP contribution in [0.2, 0.25) is 5.02 Å². The summed E-state index contributed by atoms with van der Waals surface area (Å²) in [7, 11) is 0. The maximum absolute atomic E-state index is 13.7. The van der Waals surface area contributed by atoms with Gasteiger partial charge in [-0.1, -0.05) is 73.8 Å². The van der Waals surface area contributed by atoms with Crippen LogP contribution in [-0.2, 0) is 9.59 Å². The van der Waals surface area contributed by atoms with Gasteiger partial charge in [0.05, 0.1) is 28.0 Å². The summed E-state index contributed by atoms with van der Waals surface area (Å²) >= 11 is 13.4. The number of esters is 1. The Balaban J connectivity index is 1.40. The van der Waals surface area contributed by atoms with Crippen molar-refractivity contribution in [2.45, 2.75) is 22.5 Å². The fourth-order valence-corrected chi connectivity index (χ4v) is 6.45. The van der Waals surface area contributed by atoms with Crippen molar-refractivity contribution in [2.24, 2.45) is 11.8 Å². The molecule has 1 aliphatic carbocycles. The fraction of sp³-hybridized carbons (Fsp3) is 0.233. The van der Waals surface area contributed by atoms with Gasteiger partial charge in [-0.3, -0.25) is 19.2 Å². The van der Waals surface area contributed by atoms with Gasteiger partial charge < -0.3 is 4.74 Å². The molecule has 8 nitrogen and oxygen atoms in total. The summed E-state index contributed by atoms with van der Waals surface area (Å²) in [5, 5.41) is 1.83. The highest BCUT2D eigenvalue weighted by atomic mass is 79.9. The molecule has 0 radical (unpaired) electrons. The normalized spacial score (nSPS) is 21.8. The van der Waals surface area contributed by atoms with E-state index in [0.29, 0.717) is 18.4 Å². The van der Waals surface area contributed by atoms with Crippen LogP contribution in [0.5, 0.6) is 5.75 Å². The average Bonchev–Trinajstić information content (AvgIpc) is 3.20. The number of rotatable bonds is 7. The standard InChI is InChI=1S/C30H23Br2ClN2O6/c31-23-14-21-22(15-24(23)32)29(39)35(28(21)38)34(27(37)20-8-4-5-9-25(20)33)16-26(36)17-10-12-19(13-11-17)41-30(40)18-6-2-1-3-7-18/h1-13,21-24H,14-16H2/t21-,22-,23-,24+/m1/s1. The minimum absolute atomic E-state index is 0.0238. The van der Waals surface area contributed by atoms with Crippen LogP contribution in [0.25, 0.3) is 0 Å². The molecule has 11 heteroatoms. The SMILES string of the molecule is O=C(CN(C(=O)c1ccccc1Cl)N1C(=O)[C@@H]2C[C@@H](Br)[C@@H](Br)C[C@H]2C1=O)c1ccc(OC(=O)c2ccccc2)cc1. The molecule has 3 aromatic rings. The molecule has 2 aliphatic rings. The molecular formula is C30H23Br2ClN2O6. The van der Waals surface area contributed by atoms with E-state index in [1.165, 1.54) is 36.4 Å². The second-order valence-electron chi connectivity index (χ2n) is 9.75. The van der Waals surface area contributed by atoms with Crippen LogP contribution in [0.3, 0.4) is 0 Å². The lowest BCUT2D eigenvalue weighted by Gasteiger charge is -2.30. The maximum Gasteiger partial charge on any atom is 0.343 e. The first kappa shape index (κ1) is 29.2. The average molecular weight is 703 g/mol. The topological polar surface area (TPSA) is 101 Å². The zero-order chi connectivity index (χ0) is 29.3. The van der Waals surface area contributed by atoms with E-state index in [2.05, 4.69) is 31.9 Å². The number of fused-ring (bicyclic) bond motifs is 1. The Morgan fingerprint density at radius 3 is 1.95 bits per heavy atom. The second kappa shape index (κ2) is 12.3. The van der Waals surface area contributed by atoms with Crippen molar-refractivity contribution in [3.8, 4) is 5.75 Å². The molecule has 2 fully saturated rings. The Morgan fingerprint density at radius 1 is 0.805 bits per heavy atom. The summed E-state index contributed by atoms with van der Waals surface area (Å²) in [6.07, 6.45) is 0.819. The highest BCUT2D eigenvalue weighted by molar-refractivity contribution is 9.12. The Hall–Kier alpha value is -3.34. The Bertz CT molecular complexity index is 1490. The molecule has 0 unspecified atom stereocenters. The molecule has 0 aromatic heterocycles. The zero-order valence-corrected chi connectivity index (χ0v) is 25.3. The Labute approximate surface area is 257 Å². The molecule has 4 atom stereocenters. The molecular weight excluding hydrogens is 680 g/mol. The smallest absolute Gasteiger partial charge is 0.343 e. The van der Waals surface area contributed by atoms with Crippen molar-refractivity contribution >= 4 is 72.9 Å². The molecule has 0 bridgehead atoms. The summed E-state index contributed by atoms with van der Waals surface area (Å²) in [5.74, 6) is -3.89. The third-order valence-electron chi connectivity index (χ3n) is 7.16. The number of benzene rings is 3. The lowest BCUT2D eigenvalue weighted by molar-refractivity contribution is -0.154. The highest BCUT2D eigenvalue weighted by Crippen LogP contribution is 2.43. The van der Waals surface area contributed by atoms with Gasteiger partial charge in [0, 0.05) is 15.2 Å². The van der Waals surface area contributed by atoms with Crippen molar-refractivity contribution in [1.82, 2.24) is 10.0 Å². The van der Waals surface area contributed by atoms with E-state index < -0.39 is 47.9 Å². The molecule has 1 aliphatic heterocycles. The fourth-order valence-electron chi connectivity index (χ4n) is 5.00. The number of alkyl halides is 2. The number of hydrazine groups is 1. The summed E-state index contributed by atoms with van der Waals surface area (Å²) in [6.45, 7) is -0.584. The van der Waals surface area contributed by atoms with Gasteiger partial charge in [-0.15, -0.1) is 0 Å². The van der Waals surface area contributed by atoms with Crippen LogP contribution in [0, 0.1) is 11.8 Å². The maximum atomic E-state index is 13.7. The van der Waals surface area contributed by atoms with E-state index in [1.54, 1.807) is 42.5 Å². The third kappa shape index (κ3) is 6.00. The van der Waals surface area contributed by atoms with Crippen LogP contribution in [-0.4, -0.2) is 55.7 Å². The van der Waals surface area contributed by atoms with E-state index >= 15 is 0 Å². The largest absolute Gasteiger partial charge is 0.423 e. The third-order valence-corrected chi connectivity index (χ3v) is 10.2. The number of nitrogens with zero attached hydrogens (tertiary/aromatic N) is 2. The van der Waals surface area contributed by atoms with Gasteiger partial charge in [0.2, 0.25) is 0 Å². The predicted molar refractivity (Wildman–Crippen MR) is 158 cm³/mol. The monoisotopic (exact) mass is 700 g/mol. The zero-order valence-electron chi connectivity index (χ0n) is 21.4. The van der Waals surface area contributed by atoms with Crippen molar-refractivity contribution in [2.75, 3.05) is 6.54 Å². The van der Waals surface area contributed by atoms with Crippen LogP contribution < -0.4 is 4.74 Å². The molecule has 3 aromatic carbocycles. The van der Waals surface area contributed by atoms with E-state index in [-0.39, 0.29) is 31.6 Å². The minimum atomic E-state index is -0.747. The van der Waals surface area contributed by atoms with E-state index in [0.717, 1.165) is 10.0 Å². The molecule has 1 heterocycles. The molecule has 210 valence electrons. The molecule has 1 saturated heterocycles. The number of halogens is 3. The number of Topliss-reactive ketones (excluding diaryl/α,β-unsaturated/α-hetero) is 1. The minimum Gasteiger partial charge on any atom is -0.423 e. The summed E-state index contributed by atoms with van der Waals surface area (Å²) < 4.78 is 5.37. The first-order chi connectivity index (χ1) is 19.7. The first-order valence-corrected chi connectivity index (χ1v) is 15.0. The van der Waals surface area contributed by atoms with Gasteiger partial charge in [0.15, 0.2) is 5.78 Å². The number of hydrogen-bond acceptors (Lipinski definition) is 6. The molecule has 0 N–H and O–H groups in total. The van der Waals surface area contributed by atoms with Gasteiger partial charge in [-0.2, -0.15) is 5.01 Å². The number of hydrogen-bond donors (Lipinski definition) is 0. The van der Waals surface area contributed by atoms with Gasteiger partial charge in [-0.05, 0) is 61.4 Å². The quantitative estimate of drug-likeness (QED) is 0.103. The van der Waals surface area contributed by atoms with E-state index in [9.17, 15) is 24.0 Å². The summed E-state index contributed by atoms with van der Waals surface area (Å²) in [6, 6.07) is 20.5. The van der Waals surface area contributed by atoms with Crippen molar-refractivity contribution in [3.05, 3.63) is 101 Å². The number of amides is 3. The molecule has 41 heavy (non-hydrogen) atoms. The number of ether oxygens (including phenoxy) is 1. The molecule has 5 rings (SSSR count). The number of carbonyl (C=O) groups excluding carboxylic acids is 5. The van der Waals surface area contributed by atoms with Crippen LogP contribution in [0.4, 0.5) is 0 Å². The lowest BCUT2D eigenvalue weighted by Crippen LogP contribution is -2.52. The lowest BCUT2D eigenvalue weighted by atomic mass is 9.81. The predicted octanol–water partition coefficient (Wildman–Crippen LogP) is 5.72. The van der Waals surface area contributed by atoms with Gasteiger partial charge in [0.25, 0.3) is 17.7 Å². The van der Waals surface area contributed by atoms with Crippen molar-refractivity contribution in [1.29, 1.82) is 0 Å². The van der Waals surface area contributed by atoms with E-state index in [1.807, 2.05) is 0 Å². The van der Waals surface area contributed by atoms with Crippen LogP contribution >= 0.6 is 43.5 Å². The molecule has 1 saturated carbocycles. The highest BCUT2D eigenvalue weighted by Gasteiger charge is 2.54. The van der Waals surface area contributed by atoms with E-state index in [4.69, 9.17) is 16.3 Å². The van der Waals surface area contributed by atoms with Crippen LogP contribution in [0.15, 0.2) is 78.9 Å². The summed E-state index contributed by atoms with van der Waals surface area (Å²) in [5.41, 5.74) is 0.621. The number of imide groups is 1. The van der Waals surface area contributed by atoms with Crippen molar-refractivity contribution in [3.63, 3.8) is 0 Å². The Morgan fingerprint density at radius 2 is 1.37 bits per heavy atom. The number of ketones is 1. The van der Waals surface area contributed by atoms with Crippen molar-refractivity contribution < 1.29 is 28.7 Å². The Kier molecular flexibility index (Phi) is 8.72. The number of carbonyl (C=O) groups is 5.